The van der Waals surface area contributed by atoms with Crippen molar-refractivity contribution >= 4 is 32.6 Å². The van der Waals surface area contributed by atoms with E-state index in [1.165, 1.54) is 16.2 Å². The second-order valence-electron chi connectivity index (χ2n) is 6.67. The Labute approximate surface area is 175 Å². The van der Waals surface area contributed by atoms with Crippen molar-refractivity contribution in [1.82, 2.24) is 4.98 Å². The van der Waals surface area contributed by atoms with Gasteiger partial charge in [-0.3, -0.25) is 9.69 Å². The van der Waals surface area contributed by atoms with Crippen LogP contribution in [0.1, 0.15) is 24.2 Å². The molecule has 0 radical (unpaired) electrons. The summed E-state index contributed by atoms with van der Waals surface area (Å²) in [4.78, 5) is 21.3. The molecule has 1 N–H and O–H groups in total. The normalized spacial score (nSPS) is 11.1. The van der Waals surface area contributed by atoms with Gasteiger partial charge < -0.3 is 14.4 Å². The molecule has 1 heterocycles. The topological polar surface area (TPSA) is 56.1 Å². The molecule has 0 aliphatic rings. The molecule has 3 aromatic rings. The van der Waals surface area contributed by atoms with Crippen molar-refractivity contribution < 1.29 is 19.2 Å². The van der Waals surface area contributed by atoms with Crippen molar-refractivity contribution in [3.05, 3.63) is 48.0 Å². The Morgan fingerprint density at radius 2 is 1.69 bits per heavy atom. The lowest BCUT2D eigenvalue weighted by atomic mass is 10.2. The van der Waals surface area contributed by atoms with Crippen molar-refractivity contribution in [1.29, 1.82) is 0 Å². The van der Waals surface area contributed by atoms with Crippen LogP contribution in [-0.4, -0.2) is 51.3 Å². The van der Waals surface area contributed by atoms with Crippen LogP contribution in [0.5, 0.6) is 11.5 Å². The number of quaternary nitrogens is 1. The summed E-state index contributed by atoms with van der Waals surface area (Å²) in [5.41, 5.74) is 1.37. The minimum atomic E-state index is -0.0471. The smallest absolute Gasteiger partial charge is 0.260 e. The first-order valence-electron chi connectivity index (χ1n) is 9.84. The zero-order valence-corrected chi connectivity index (χ0v) is 18.2. The highest BCUT2D eigenvalue weighted by Crippen LogP contribution is 2.40. The molecule has 0 fully saturated rings. The third-order valence-electron chi connectivity index (χ3n) is 5.08. The lowest BCUT2D eigenvalue weighted by molar-refractivity contribution is -0.894. The highest BCUT2D eigenvalue weighted by Gasteiger charge is 2.24. The first-order valence-corrected chi connectivity index (χ1v) is 10.7. The summed E-state index contributed by atoms with van der Waals surface area (Å²) in [6.45, 7) is 7.81. The van der Waals surface area contributed by atoms with E-state index >= 15 is 0 Å². The molecular formula is C22H28N3O3S+. The van der Waals surface area contributed by atoms with Crippen molar-refractivity contribution in [3.63, 3.8) is 0 Å². The number of hydrogen-bond acceptors (Lipinski definition) is 5. The molecule has 0 saturated carbocycles. The van der Waals surface area contributed by atoms with Crippen molar-refractivity contribution in [2.75, 3.05) is 45.3 Å². The number of nitrogens with one attached hydrogen (secondary N) is 1. The lowest BCUT2D eigenvalue weighted by Crippen LogP contribution is -3.12. The standard InChI is InChI=1S/C22H27N3O3S/c1-5-24(6-2)14-15-25(21(26)16-10-8-7-9-11-16)22-23-19-17(27-3)12-13-18(28-4)20(19)29-22/h7-13H,5-6,14-15H2,1-4H3/p+1. The highest BCUT2D eigenvalue weighted by molar-refractivity contribution is 7.22. The SMILES string of the molecule is CC[NH+](CC)CCN(C(=O)c1ccccc1)c1nc2c(OC)ccc(OC)c2s1. The molecule has 0 spiro atoms. The molecule has 0 aliphatic carbocycles. The first-order chi connectivity index (χ1) is 14.1. The number of benzene rings is 2. The molecule has 1 aromatic heterocycles. The van der Waals surface area contributed by atoms with Gasteiger partial charge in [0.15, 0.2) is 5.13 Å². The third kappa shape index (κ3) is 4.52. The Kier molecular flexibility index (Phi) is 7.06. The number of methoxy groups -OCH3 is 2. The molecule has 2 aromatic carbocycles. The Hall–Kier alpha value is -2.64. The zero-order chi connectivity index (χ0) is 20.8. The maximum Gasteiger partial charge on any atom is 0.260 e. The number of aromatic nitrogens is 1. The number of hydrogen-bond donors (Lipinski definition) is 1. The Balaban J connectivity index is 2.04. The average molecular weight is 415 g/mol. The molecule has 0 bridgehead atoms. The summed E-state index contributed by atoms with van der Waals surface area (Å²) in [5, 5.41) is 0.656. The van der Waals surface area contributed by atoms with Crippen LogP contribution in [0.2, 0.25) is 0 Å². The van der Waals surface area contributed by atoms with Crippen LogP contribution in [0, 0.1) is 0 Å². The molecule has 1 amide bonds. The largest absolute Gasteiger partial charge is 0.495 e. The number of amides is 1. The van der Waals surface area contributed by atoms with Gasteiger partial charge >= 0.3 is 0 Å². The van der Waals surface area contributed by atoms with E-state index in [1.807, 2.05) is 42.5 Å². The van der Waals surface area contributed by atoms with Crippen LogP contribution in [0.4, 0.5) is 5.13 Å². The zero-order valence-electron chi connectivity index (χ0n) is 17.4. The van der Waals surface area contributed by atoms with Gasteiger partial charge in [0, 0.05) is 5.56 Å². The molecule has 29 heavy (non-hydrogen) atoms. The summed E-state index contributed by atoms with van der Waals surface area (Å²) in [7, 11) is 3.26. The van der Waals surface area contributed by atoms with Gasteiger partial charge in [0.1, 0.15) is 21.7 Å². The quantitative estimate of drug-likeness (QED) is 0.585. The molecule has 0 atom stereocenters. The predicted octanol–water partition coefficient (Wildman–Crippen LogP) is 2.89. The van der Waals surface area contributed by atoms with Gasteiger partial charge in [-0.15, -0.1) is 0 Å². The third-order valence-corrected chi connectivity index (χ3v) is 6.18. The molecule has 0 saturated heterocycles. The van der Waals surface area contributed by atoms with Gasteiger partial charge in [-0.05, 0) is 38.1 Å². The number of carbonyl (C=O) groups is 1. The van der Waals surface area contributed by atoms with E-state index in [-0.39, 0.29) is 5.91 Å². The molecule has 0 aliphatic heterocycles. The number of thiazole rings is 1. The predicted molar refractivity (Wildman–Crippen MR) is 118 cm³/mol. The molecular weight excluding hydrogens is 386 g/mol. The highest BCUT2D eigenvalue weighted by atomic mass is 32.1. The van der Waals surface area contributed by atoms with E-state index in [0.717, 1.165) is 30.1 Å². The number of ether oxygens (including phenoxy) is 2. The van der Waals surface area contributed by atoms with Crippen LogP contribution in [0.3, 0.4) is 0 Å². The van der Waals surface area contributed by atoms with Gasteiger partial charge in [0.2, 0.25) is 0 Å². The summed E-state index contributed by atoms with van der Waals surface area (Å²) in [6.07, 6.45) is 0. The summed E-state index contributed by atoms with van der Waals surface area (Å²) in [5.74, 6) is 1.35. The maximum absolute atomic E-state index is 13.3. The van der Waals surface area contributed by atoms with E-state index in [2.05, 4.69) is 13.8 Å². The number of likely N-dealkylation sites (N-methyl/N-ethyl adjacent to an activating group) is 1. The summed E-state index contributed by atoms with van der Waals surface area (Å²) >= 11 is 1.46. The van der Waals surface area contributed by atoms with E-state index in [0.29, 0.717) is 28.5 Å². The minimum absolute atomic E-state index is 0.0471. The van der Waals surface area contributed by atoms with E-state index in [1.54, 1.807) is 19.1 Å². The van der Waals surface area contributed by atoms with Crippen LogP contribution in [-0.2, 0) is 0 Å². The fourth-order valence-electron chi connectivity index (χ4n) is 3.28. The van der Waals surface area contributed by atoms with Crippen molar-refractivity contribution in [2.45, 2.75) is 13.8 Å². The van der Waals surface area contributed by atoms with Gasteiger partial charge in [0.05, 0.1) is 40.4 Å². The lowest BCUT2D eigenvalue weighted by Gasteiger charge is -2.23. The van der Waals surface area contributed by atoms with Crippen LogP contribution in [0.25, 0.3) is 10.2 Å². The Bertz CT molecular complexity index is 914. The van der Waals surface area contributed by atoms with Crippen LogP contribution >= 0.6 is 11.3 Å². The monoisotopic (exact) mass is 414 g/mol. The Morgan fingerprint density at radius 1 is 1.03 bits per heavy atom. The Morgan fingerprint density at radius 3 is 2.31 bits per heavy atom. The minimum Gasteiger partial charge on any atom is -0.495 e. The van der Waals surface area contributed by atoms with E-state index in [4.69, 9.17) is 14.5 Å². The van der Waals surface area contributed by atoms with E-state index in [9.17, 15) is 4.79 Å². The van der Waals surface area contributed by atoms with Crippen molar-refractivity contribution in [2.24, 2.45) is 0 Å². The summed E-state index contributed by atoms with van der Waals surface area (Å²) in [6, 6.07) is 13.1. The van der Waals surface area contributed by atoms with Gasteiger partial charge in [-0.25, -0.2) is 4.98 Å². The second kappa shape index (κ2) is 9.71. The number of carbonyl (C=O) groups excluding carboxylic acids is 1. The number of anilines is 1. The van der Waals surface area contributed by atoms with Gasteiger partial charge in [-0.1, -0.05) is 29.5 Å². The fourth-order valence-corrected chi connectivity index (χ4v) is 4.38. The molecule has 6 nitrogen and oxygen atoms in total. The number of fused-ring (bicyclic) bond motifs is 1. The molecule has 0 unspecified atom stereocenters. The number of rotatable bonds is 9. The first kappa shape index (κ1) is 21.1. The average Bonchev–Trinajstić information content (AvgIpc) is 3.21. The molecule has 3 rings (SSSR count). The summed E-state index contributed by atoms with van der Waals surface area (Å²) < 4.78 is 11.9. The van der Waals surface area contributed by atoms with Gasteiger partial charge in [0.25, 0.3) is 5.91 Å². The second-order valence-corrected chi connectivity index (χ2v) is 7.65. The van der Waals surface area contributed by atoms with E-state index < -0.39 is 0 Å². The maximum atomic E-state index is 13.3. The molecule has 154 valence electrons. The molecule has 7 heteroatoms. The van der Waals surface area contributed by atoms with Crippen LogP contribution in [0.15, 0.2) is 42.5 Å². The van der Waals surface area contributed by atoms with Crippen molar-refractivity contribution in [3.8, 4) is 11.5 Å². The van der Waals surface area contributed by atoms with Gasteiger partial charge in [-0.2, -0.15) is 0 Å². The number of nitrogens with zero attached hydrogens (tertiary/aromatic N) is 2. The fraction of sp³-hybridized carbons (Fsp3) is 0.364. The van der Waals surface area contributed by atoms with Crippen LogP contribution < -0.4 is 19.3 Å².